The molecule has 0 unspecified atom stereocenters. The van der Waals surface area contributed by atoms with E-state index in [1.165, 1.54) is 54.8 Å². The van der Waals surface area contributed by atoms with Gasteiger partial charge in [-0.2, -0.15) is 4.31 Å². The van der Waals surface area contributed by atoms with Crippen molar-refractivity contribution >= 4 is 21.7 Å². The molecule has 7 heteroatoms. The van der Waals surface area contributed by atoms with E-state index in [1.807, 2.05) is 0 Å². The van der Waals surface area contributed by atoms with Crippen LogP contribution in [0.5, 0.6) is 0 Å². The predicted octanol–water partition coefficient (Wildman–Crippen LogP) is 3.66. The Morgan fingerprint density at radius 1 is 0.897 bits per heavy atom. The fourth-order valence-electron chi connectivity index (χ4n) is 4.35. The zero-order valence-corrected chi connectivity index (χ0v) is 18.0. The summed E-state index contributed by atoms with van der Waals surface area (Å²) >= 11 is 0. The van der Waals surface area contributed by atoms with Gasteiger partial charge < -0.3 is 5.32 Å². The van der Waals surface area contributed by atoms with E-state index < -0.39 is 16.1 Å². The average Bonchev–Trinajstić information content (AvgIpc) is 2.70. The van der Waals surface area contributed by atoms with E-state index in [0.717, 1.165) is 38.5 Å². The van der Waals surface area contributed by atoms with Crippen molar-refractivity contribution in [3.8, 4) is 0 Å². The molecule has 0 bridgehead atoms. The minimum absolute atomic E-state index is 0.108. The van der Waals surface area contributed by atoms with Crippen molar-refractivity contribution in [3.63, 3.8) is 0 Å². The highest BCUT2D eigenvalue weighted by Gasteiger charge is 2.38. The van der Waals surface area contributed by atoms with Gasteiger partial charge >= 0.3 is 0 Å². The molecule has 0 aromatic heterocycles. The summed E-state index contributed by atoms with van der Waals surface area (Å²) in [6.45, 7) is 1.80. The van der Waals surface area contributed by atoms with E-state index in [2.05, 4.69) is 5.32 Å². The summed E-state index contributed by atoms with van der Waals surface area (Å²) in [6, 6.07) is 5.47. The first-order chi connectivity index (χ1) is 13.9. The predicted molar refractivity (Wildman–Crippen MR) is 112 cm³/mol. The van der Waals surface area contributed by atoms with Crippen LogP contribution in [-0.4, -0.2) is 43.0 Å². The number of Topliss-reactive ketones (excluding diaryl/α,β-unsaturated/α-hetero) is 1. The van der Waals surface area contributed by atoms with Crippen LogP contribution >= 0.6 is 0 Å². The first kappa shape index (κ1) is 22.0. The molecule has 29 heavy (non-hydrogen) atoms. The number of nitrogens with one attached hydrogen (secondary N) is 1. The van der Waals surface area contributed by atoms with Gasteiger partial charge in [-0.05, 0) is 44.7 Å². The van der Waals surface area contributed by atoms with E-state index >= 15 is 0 Å². The van der Waals surface area contributed by atoms with Crippen molar-refractivity contribution in [2.75, 3.05) is 6.54 Å². The highest BCUT2D eigenvalue weighted by Crippen LogP contribution is 2.26. The molecule has 2 fully saturated rings. The zero-order valence-electron chi connectivity index (χ0n) is 17.2. The van der Waals surface area contributed by atoms with Gasteiger partial charge in [0.25, 0.3) is 0 Å². The standard InChI is InChI=1S/C22H32N2O4S/c1-17(25)18-12-14-20(15-13-18)29(27,28)24-16-8-7-11-21(24)22(26)23-19-9-5-3-2-4-6-10-19/h12-15,19,21H,2-11,16H2,1H3,(H,23,26)/t21-/m1/s1. The van der Waals surface area contributed by atoms with Crippen molar-refractivity contribution in [1.82, 2.24) is 9.62 Å². The lowest BCUT2D eigenvalue weighted by atomic mass is 9.96. The molecule has 0 spiro atoms. The molecule has 1 atom stereocenters. The number of sulfonamides is 1. The molecule has 6 nitrogen and oxygen atoms in total. The van der Waals surface area contributed by atoms with Gasteiger partial charge in [-0.15, -0.1) is 0 Å². The van der Waals surface area contributed by atoms with Crippen LogP contribution in [0.1, 0.15) is 81.5 Å². The summed E-state index contributed by atoms with van der Waals surface area (Å²) < 4.78 is 27.8. The Balaban J connectivity index is 1.75. The third-order valence-corrected chi connectivity index (χ3v) is 8.00. The minimum atomic E-state index is -3.79. The molecule has 1 amide bonds. The van der Waals surface area contributed by atoms with E-state index in [-0.39, 0.29) is 22.6 Å². The van der Waals surface area contributed by atoms with Crippen molar-refractivity contribution < 1.29 is 18.0 Å². The van der Waals surface area contributed by atoms with E-state index in [4.69, 9.17) is 0 Å². The van der Waals surface area contributed by atoms with Crippen LogP contribution in [0.25, 0.3) is 0 Å². The van der Waals surface area contributed by atoms with E-state index in [0.29, 0.717) is 18.5 Å². The lowest BCUT2D eigenvalue weighted by Gasteiger charge is -2.35. The Kier molecular flexibility index (Phi) is 7.46. The smallest absolute Gasteiger partial charge is 0.243 e. The monoisotopic (exact) mass is 420 g/mol. The molecule has 3 rings (SSSR count). The highest BCUT2D eigenvalue weighted by molar-refractivity contribution is 7.89. The molecule has 2 aliphatic rings. The van der Waals surface area contributed by atoms with Gasteiger partial charge in [0.2, 0.25) is 15.9 Å². The van der Waals surface area contributed by atoms with Crippen molar-refractivity contribution in [2.24, 2.45) is 0 Å². The number of hydrogen-bond acceptors (Lipinski definition) is 4. The summed E-state index contributed by atoms with van der Waals surface area (Å²) in [5, 5.41) is 3.14. The van der Waals surface area contributed by atoms with E-state index in [9.17, 15) is 18.0 Å². The average molecular weight is 421 g/mol. The SMILES string of the molecule is CC(=O)c1ccc(S(=O)(=O)N2CCCC[C@@H]2C(=O)NC2CCCCCCC2)cc1. The maximum absolute atomic E-state index is 13.2. The van der Waals surface area contributed by atoms with Gasteiger partial charge in [0, 0.05) is 18.2 Å². The molecule has 1 saturated heterocycles. The normalized spacial score (nSPS) is 22.4. The fourth-order valence-corrected chi connectivity index (χ4v) is 6.01. The first-order valence-corrected chi connectivity index (χ1v) is 12.3. The van der Waals surface area contributed by atoms with Crippen molar-refractivity contribution in [2.45, 2.75) is 88.1 Å². The molecule has 1 aromatic carbocycles. The minimum Gasteiger partial charge on any atom is -0.352 e. The lowest BCUT2D eigenvalue weighted by molar-refractivity contribution is -0.126. The zero-order chi connectivity index (χ0) is 20.9. The molecule has 160 valence electrons. The number of piperidine rings is 1. The number of benzene rings is 1. The Labute approximate surface area is 174 Å². The van der Waals surface area contributed by atoms with Gasteiger partial charge in [-0.25, -0.2) is 8.42 Å². The molecule has 1 aromatic rings. The summed E-state index contributed by atoms with van der Waals surface area (Å²) in [5.41, 5.74) is 0.473. The van der Waals surface area contributed by atoms with Crippen LogP contribution < -0.4 is 5.32 Å². The summed E-state index contributed by atoms with van der Waals surface area (Å²) in [7, 11) is -3.79. The van der Waals surface area contributed by atoms with Crippen molar-refractivity contribution in [3.05, 3.63) is 29.8 Å². The number of hydrogen-bond donors (Lipinski definition) is 1. The van der Waals surface area contributed by atoms with Crippen LogP contribution in [-0.2, 0) is 14.8 Å². The molecular weight excluding hydrogens is 388 g/mol. The third kappa shape index (κ3) is 5.45. The Bertz CT molecular complexity index is 812. The van der Waals surface area contributed by atoms with E-state index in [1.54, 1.807) is 0 Å². The van der Waals surface area contributed by atoms with Gasteiger partial charge in [0.05, 0.1) is 4.90 Å². The summed E-state index contributed by atoms with van der Waals surface area (Å²) in [4.78, 5) is 24.6. The van der Waals surface area contributed by atoms with Gasteiger partial charge in [0.15, 0.2) is 5.78 Å². The Morgan fingerprint density at radius 3 is 2.10 bits per heavy atom. The molecule has 1 saturated carbocycles. The molecule has 1 aliphatic heterocycles. The number of carbonyl (C=O) groups excluding carboxylic acids is 2. The summed E-state index contributed by atoms with van der Waals surface area (Å²) in [6.07, 6.45) is 9.96. The van der Waals surface area contributed by atoms with Crippen molar-refractivity contribution in [1.29, 1.82) is 0 Å². The maximum Gasteiger partial charge on any atom is 0.243 e. The molecular formula is C22H32N2O4S. The molecule has 0 radical (unpaired) electrons. The highest BCUT2D eigenvalue weighted by atomic mass is 32.2. The number of rotatable bonds is 5. The van der Waals surface area contributed by atoms with Gasteiger partial charge in [-0.1, -0.05) is 50.7 Å². The van der Waals surface area contributed by atoms with Crippen LogP contribution in [0.4, 0.5) is 0 Å². The van der Waals surface area contributed by atoms with Gasteiger partial charge in [-0.3, -0.25) is 9.59 Å². The quantitative estimate of drug-likeness (QED) is 0.737. The number of nitrogens with zero attached hydrogens (tertiary/aromatic N) is 1. The summed E-state index contributed by atoms with van der Waals surface area (Å²) in [5.74, 6) is -0.275. The largest absolute Gasteiger partial charge is 0.352 e. The molecule has 1 aliphatic carbocycles. The van der Waals surface area contributed by atoms with Crippen LogP contribution in [0.3, 0.4) is 0 Å². The number of carbonyl (C=O) groups is 2. The maximum atomic E-state index is 13.2. The van der Waals surface area contributed by atoms with Crippen LogP contribution in [0.2, 0.25) is 0 Å². The Morgan fingerprint density at radius 2 is 1.48 bits per heavy atom. The molecule has 1 heterocycles. The second-order valence-corrected chi connectivity index (χ2v) is 10.1. The fraction of sp³-hybridized carbons (Fsp3) is 0.636. The molecule has 1 N–H and O–H groups in total. The third-order valence-electron chi connectivity index (χ3n) is 6.08. The Hall–Kier alpha value is -1.73. The number of ketones is 1. The first-order valence-electron chi connectivity index (χ1n) is 10.8. The second kappa shape index (κ2) is 9.85. The van der Waals surface area contributed by atoms with Crippen LogP contribution in [0.15, 0.2) is 29.2 Å². The topological polar surface area (TPSA) is 83.6 Å². The second-order valence-electron chi connectivity index (χ2n) is 8.26. The van der Waals surface area contributed by atoms with Gasteiger partial charge in [0.1, 0.15) is 6.04 Å². The van der Waals surface area contributed by atoms with Crippen LogP contribution in [0, 0.1) is 0 Å². The number of amides is 1. The lowest BCUT2D eigenvalue weighted by Crippen LogP contribution is -2.53.